The molecule has 1 atom stereocenters. The van der Waals surface area contributed by atoms with Crippen molar-refractivity contribution in [2.45, 2.75) is 59.5 Å². The van der Waals surface area contributed by atoms with Crippen LogP contribution in [0.1, 0.15) is 48.5 Å². The lowest BCUT2D eigenvalue weighted by Gasteiger charge is -2.57. The molecule has 0 fully saturated rings. The number of hydrogen-bond acceptors (Lipinski definition) is 1. The summed E-state index contributed by atoms with van der Waals surface area (Å²) in [4.78, 5) is 2.38. The minimum atomic E-state index is 0.362. The van der Waals surface area contributed by atoms with Gasteiger partial charge >= 0.3 is 0 Å². The molecule has 0 amide bonds. The molecule has 0 aliphatic rings. The van der Waals surface area contributed by atoms with Crippen LogP contribution in [0.2, 0.25) is 5.04 Å². The first-order valence-corrected chi connectivity index (χ1v) is 7.02. The molecule has 0 rings (SSSR count). The van der Waals surface area contributed by atoms with Gasteiger partial charge in [0.15, 0.2) is 0 Å². The quantitative estimate of drug-likeness (QED) is 0.658. The molecule has 0 N–H and O–H groups in total. The Bertz CT molecular complexity index is 194. The third kappa shape index (κ3) is 2.65. The van der Waals surface area contributed by atoms with Crippen molar-refractivity contribution in [3.63, 3.8) is 0 Å². The molecule has 2 heteroatoms. The molecule has 1 unspecified atom stereocenters. The van der Waals surface area contributed by atoms with E-state index < -0.39 is 0 Å². The van der Waals surface area contributed by atoms with Crippen LogP contribution in [0, 0.1) is 10.8 Å². The normalized spacial score (nSPS) is 17.2. The van der Waals surface area contributed by atoms with Crippen LogP contribution in [-0.2, 0) is 0 Å². The zero-order valence-corrected chi connectivity index (χ0v) is 14.5. The maximum absolute atomic E-state index is 2.39. The van der Waals surface area contributed by atoms with Crippen LogP contribution in [0.25, 0.3) is 0 Å². The SMILES string of the molecule is CC(N(C)C)C([SiH3])(C(C)(C)C)C(C)(C)C. The van der Waals surface area contributed by atoms with Crippen LogP contribution in [0.3, 0.4) is 0 Å². The Morgan fingerprint density at radius 2 is 1.13 bits per heavy atom. The summed E-state index contributed by atoms with van der Waals surface area (Å²) >= 11 is 0. The first-order valence-electron chi connectivity index (χ1n) is 6.02. The van der Waals surface area contributed by atoms with Crippen molar-refractivity contribution in [3.05, 3.63) is 0 Å². The first-order chi connectivity index (χ1) is 6.35. The summed E-state index contributed by atoms with van der Waals surface area (Å²) < 4.78 is 0. The second-order valence-corrected chi connectivity index (χ2v) is 8.92. The van der Waals surface area contributed by atoms with Gasteiger partial charge in [-0.2, -0.15) is 0 Å². The Hall–Kier alpha value is 0.177. The highest BCUT2D eigenvalue weighted by Crippen LogP contribution is 2.58. The van der Waals surface area contributed by atoms with Gasteiger partial charge in [0.1, 0.15) is 0 Å². The van der Waals surface area contributed by atoms with Crippen LogP contribution in [0.4, 0.5) is 0 Å². The molecule has 92 valence electrons. The lowest BCUT2D eigenvalue weighted by Crippen LogP contribution is -2.52. The molecule has 0 radical (unpaired) electrons. The highest BCUT2D eigenvalue weighted by Gasteiger charge is 2.50. The van der Waals surface area contributed by atoms with E-state index in [1.165, 1.54) is 10.2 Å². The summed E-state index contributed by atoms with van der Waals surface area (Å²) in [6.07, 6.45) is 0. The number of nitrogens with zero attached hydrogens (tertiary/aromatic N) is 1. The molecule has 0 aliphatic heterocycles. The van der Waals surface area contributed by atoms with E-state index in [1.54, 1.807) is 0 Å². The molecular formula is C13H31NSi. The van der Waals surface area contributed by atoms with E-state index >= 15 is 0 Å². The molecule has 1 nitrogen and oxygen atoms in total. The molecular weight excluding hydrogens is 198 g/mol. The second-order valence-electron chi connectivity index (χ2n) is 7.34. The summed E-state index contributed by atoms with van der Waals surface area (Å²) in [5.74, 6) is 0. The van der Waals surface area contributed by atoms with Crippen LogP contribution in [0.5, 0.6) is 0 Å². The van der Waals surface area contributed by atoms with E-state index in [0.29, 0.717) is 21.9 Å². The molecule has 0 spiro atoms. The first kappa shape index (κ1) is 15.2. The van der Waals surface area contributed by atoms with Crippen LogP contribution < -0.4 is 0 Å². The zero-order chi connectivity index (χ0) is 12.7. The van der Waals surface area contributed by atoms with E-state index in [1.807, 2.05) is 0 Å². The average Bonchev–Trinajstić information content (AvgIpc) is 1.96. The Balaban J connectivity index is 5.43. The van der Waals surface area contributed by atoms with Crippen molar-refractivity contribution in [1.29, 1.82) is 0 Å². The average molecular weight is 229 g/mol. The van der Waals surface area contributed by atoms with E-state index in [4.69, 9.17) is 0 Å². The molecule has 0 aromatic carbocycles. The summed E-state index contributed by atoms with van der Waals surface area (Å²) in [5, 5.41) is 0.420. The molecule has 15 heavy (non-hydrogen) atoms. The standard InChI is InChI=1S/C13H31NSi/c1-10(14(8)9)13(15,11(2,3)4)12(5,6)7/h10H,1-9,15H3. The van der Waals surface area contributed by atoms with Gasteiger partial charge in [0.05, 0.1) is 0 Å². The van der Waals surface area contributed by atoms with Gasteiger partial charge in [0.25, 0.3) is 0 Å². The van der Waals surface area contributed by atoms with Crippen molar-refractivity contribution >= 4 is 10.2 Å². The lowest BCUT2D eigenvalue weighted by atomic mass is 9.62. The van der Waals surface area contributed by atoms with Gasteiger partial charge in [0.2, 0.25) is 0 Å². The summed E-state index contributed by atoms with van der Waals surface area (Å²) in [5.41, 5.74) is 0.725. The van der Waals surface area contributed by atoms with Crippen LogP contribution in [0.15, 0.2) is 0 Å². The van der Waals surface area contributed by atoms with Gasteiger partial charge in [-0.1, -0.05) is 41.5 Å². The Kier molecular flexibility index (Phi) is 4.26. The zero-order valence-electron chi connectivity index (χ0n) is 12.5. The second kappa shape index (κ2) is 4.21. The smallest absolute Gasteiger partial charge is 0.0140 e. The molecule has 0 saturated carbocycles. The Labute approximate surface area is 100 Å². The fourth-order valence-corrected chi connectivity index (χ4v) is 3.41. The van der Waals surface area contributed by atoms with E-state index in [-0.39, 0.29) is 0 Å². The Morgan fingerprint density at radius 3 is 1.20 bits per heavy atom. The predicted molar refractivity (Wildman–Crippen MR) is 74.7 cm³/mol. The predicted octanol–water partition coefficient (Wildman–Crippen LogP) is 2.55. The van der Waals surface area contributed by atoms with Crippen molar-refractivity contribution in [3.8, 4) is 0 Å². The molecule has 0 aliphatic carbocycles. The maximum atomic E-state index is 2.39. The minimum Gasteiger partial charge on any atom is -0.306 e. The Morgan fingerprint density at radius 1 is 0.867 bits per heavy atom. The largest absolute Gasteiger partial charge is 0.306 e. The van der Waals surface area contributed by atoms with Crippen molar-refractivity contribution < 1.29 is 0 Å². The van der Waals surface area contributed by atoms with Crippen LogP contribution >= 0.6 is 0 Å². The van der Waals surface area contributed by atoms with Crippen LogP contribution in [-0.4, -0.2) is 35.3 Å². The number of hydrogen-bond donors (Lipinski definition) is 0. The van der Waals surface area contributed by atoms with Gasteiger partial charge in [-0.25, -0.2) is 0 Å². The number of rotatable bonds is 2. The lowest BCUT2D eigenvalue weighted by molar-refractivity contribution is 0.0486. The van der Waals surface area contributed by atoms with E-state index in [2.05, 4.69) is 67.5 Å². The highest BCUT2D eigenvalue weighted by molar-refractivity contribution is 6.17. The molecule has 0 heterocycles. The third-order valence-electron chi connectivity index (χ3n) is 4.73. The van der Waals surface area contributed by atoms with Gasteiger partial charge in [0, 0.05) is 16.3 Å². The van der Waals surface area contributed by atoms with E-state index in [9.17, 15) is 0 Å². The molecule has 0 bridgehead atoms. The van der Waals surface area contributed by atoms with Crippen molar-refractivity contribution in [2.24, 2.45) is 10.8 Å². The maximum Gasteiger partial charge on any atom is 0.0140 e. The fraction of sp³-hybridized carbons (Fsp3) is 1.00. The minimum absolute atomic E-state index is 0.362. The highest BCUT2D eigenvalue weighted by atomic mass is 28.1. The summed E-state index contributed by atoms with van der Waals surface area (Å²) in [7, 11) is 5.63. The molecule has 0 aromatic heterocycles. The van der Waals surface area contributed by atoms with Gasteiger partial charge in [-0.3, -0.25) is 0 Å². The van der Waals surface area contributed by atoms with Gasteiger partial charge < -0.3 is 4.90 Å². The molecule has 0 aromatic rings. The summed E-state index contributed by atoms with van der Waals surface area (Å²) in [6, 6.07) is 0.629. The topological polar surface area (TPSA) is 3.24 Å². The van der Waals surface area contributed by atoms with Gasteiger partial charge in [-0.15, -0.1) is 0 Å². The van der Waals surface area contributed by atoms with Gasteiger partial charge in [-0.05, 0) is 36.9 Å². The van der Waals surface area contributed by atoms with E-state index in [0.717, 1.165) is 0 Å². The fourth-order valence-electron chi connectivity index (χ4n) is 2.89. The molecule has 0 saturated heterocycles. The monoisotopic (exact) mass is 229 g/mol. The van der Waals surface area contributed by atoms with Crippen molar-refractivity contribution in [1.82, 2.24) is 4.90 Å². The van der Waals surface area contributed by atoms with Crippen molar-refractivity contribution in [2.75, 3.05) is 14.1 Å². The summed E-state index contributed by atoms with van der Waals surface area (Å²) in [6.45, 7) is 16.7. The third-order valence-corrected chi connectivity index (χ3v) is 8.56.